The van der Waals surface area contributed by atoms with Crippen molar-refractivity contribution in [3.8, 4) is 11.4 Å². The molecule has 1 aliphatic carbocycles. The van der Waals surface area contributed by atoms with E-state index in [2.05, 4.69) is 20.3 Å². The Balaban J connectivity index is 1.37. The van der Waals surface area contributed by atoms with Gasteiger partial charge in [0.05, 0.1) is 36.6 Å². The highest BCUT2D eigenvalue weighted by Gasteiger charge is 2.53. The molecule has 13 heteroatoms. The normalized spacial score (nSPS) is 16.3. The van der Waals surface area contributed by atoms with Gasteiger partial charge in [0.2, 0.25) is 5.95 Å². The fourth-order valence-corrected chi connectivity index (χ4v) is 5.57. The van der Waals surface area contributed by atoms with Crippen molar-refractivity contribution < 1.29 is 22.7 Å². The first-order valence-corrected chi connectivity index (χ1v) is 13.1. The molecule has 0 bridgehead atoms. The number of aromatic nitrogens is 5. The molecule has 1 aromatic carbocycles. The molecule has 10 nitrogen and oxygen atoms in total. The second-order valence-corrected chi connectivity index (χ2v) is 10.2. The van der Waals surface area contributed by atoms with Crippen LogP contribution in [-0.2, 0) is 11.0 Å². The number of methoxy groups -OCH3 is 1. The lowest BCUT2D eigenvalue weighted by atomic mass is 9.90. The zero-order chi connectivity index (χ0) is 28.9. The number of amides is 1. The third-order valence-corrected chi connectivity index (χ3v) is 7.71. The molecule has 1 amide bonds. The van der Waals surface area contributed by atoms with Crippen molar-refractivity contribution in [1.82, 2.24) is 24.5 Å². The topological polar surface area (TPSA) is 101 Å². The predicted octanol–water partition coefficient (Wildman–Crippen LogP) is 5.56. The van der Waals surface area contributed by atoms with Gasteiger partial charge in [-0.15, -0.1) is 0 Å². The molecular weight excluding hydrogens is 537 g/mol. The number of rotatable bonds is 5. The second kappa shape index (κ2) is 9.75. The van der Waals surface area contributed by atoms with E-state index in [9.17, 15) is 18.0 Å². The maximum Gasteiger partial charge on any atom is 0.417 e. The number of benzene rings is 1. The van der Waals surface area contributed by atoms with Gasteiger partial charge in [0.25, 0.3) is 5.91 Å². The minimum Gasteiger partial charge on any atom is -0.494 e. The molecule has 2 aliphatic rings. The number of carbonyl (C=O) groups excluding carboxylic acids is 1. The van der Waals surface area contributed by atoms with E-state index in [1.165, 1.54) is 17.2 Å². The van der Waals surface area contributed by atoms with Crippen LogP contribution in [0.1, 0.15) is 36.9 Å². The number of carbonyl (C=O) groups is 1. The maximum atomic E-state index is 13.9. The molecule has 1 aliphatic heterocycles. The van der Waals surface area contributed by atoms with Crippen LogP contribution in [0.2, 0.25) is 0 Å². The Kier molecular flexibility index (Phi) is 6.31. The zero-order valence-electron chi connectivity index (χ0n) is 22.6. The number of alkyl halides is 3. The monoisotopic (exact) mass is 564 g/mol. The lowest BCUT2D eigenvalue weighted by molar-refractivity contribution is -0.137. The first-order chi connectivity index (χ1) is 19.6. The van der Waals surface area contributed by atoms with Crippen molar-refractivity contribution in [2.75, 3.05) is 29.3 Å². The van der Waals surface area contributed by atoms with Crippen LogP contribution < -0.4 is 19.9 Å². The molecule has 1 saturated carbocycles. The second-order valence-electron chi connectivity index (χ2n) is 10.2. The van der Waals surface area contributed by atoms with Crippen molar-refractivity contribution in [2.24, 2.45) is 0 Å². The number of hydrogen-bond donors (Lipinski definition) is 1. The fraction of sp³-hybridized carbons (Fsp3) is 0.321. The highest BCUT2D eigenvalue weighted by Crippen LogP contribution is 2.48. The third kappa shape index (κ3) is 4.50. The molecular formula is C28H27F3N8O2. The standard InChI is InChI=1S/C28H27F3N8O2/c1-17-15-38(16-34-17)20-8-7-19(12-22(20)41-3)35-26-33-14-21-24(36-26)37(2)27(10-4-5-11-27)25(40)39(21)23-9-6-18(13-32-23)28(29,30)31/h6-9,12-16H,4-5,10-11H2,1-3H3,(H,33,35,36). The number of aryl methyl sites for hydroxylation is 1. The number of likely N-dealkylation sites (N-methyl/N-ethyl adjacent to an activating group) is 1. The average Bonchev–Trinajstić information content (AvgIpc) is 3.62. The summed E-state index contributed by atoms with van der Waals surface area (Å²) in [6.07, 6.45) is 4.17. The highest BCUT2D eigenvalue weighted by atomic mass is 19.4. The van der Waals surface area contributed by atoms with Gasteiger partial charge >= 0.3 is 6.18 Å². The van der Waals surface area contributed by atoms with Gasteiger partial charge in [-0.25, -0.2) is 15.0 Å². The molecule has 0 unspecified atom stereocenters. The van der Waals surface area contributed by atoms with Gasteiger partial charge in [0.1, 0.15) is 22.8 Å². The molecule has 6 rings (SSSR count). The largest absolute Gasteiger partial charge is 0.494 e. The maximum absolute atomic E-state index is 13.9. The van der Waals surface area contributed by atoms with Gasteiger partial charge in [0, 0.05) is 31.2 Å². The summed E-state index contributed by atoms with van der Waals surface area (Å²) in [7, 11) is 3.40. The van der Waals surface area contributed by atoms with Gasteiger partial charge < -0.3 is 19.5 Å². The first-order valence-electron chi connectivity index (χ1n) is 13.1. The molecule has 1 fully saturated rings. The van der Waals surface area contributed by atoms with E-state index in [-0.39, 0.29) is 17.7 Å². The summed E-state index contributed by atoms with van der Waals surface area (Å²) >= 11 is 0. The van der Waals surface area contributed by atoms with Crippen molar-refractivity contribution in [1.29, 1.82) is 0 Å². The summed E-state index contributed by atoms with van der Waals surface area (Å²) < 4.78 is 47.0. The van der Waals surface area contributed by atoms with Crippen LogP contribution in [0.3, 0.4) is 0 Å². The van der Waals surface area contributed by atoms with E-state index in [1.807, 2.05) is 47.8 Å². The van der Waals surface area contributed by atoms with E-state index in [4.69, 9.17) is 9.72 Å². The number of nitrogens with zero attached hydrogens (tertiary/aromatic N) is 7. The Labute approximate surface area is 233 Å². The number of fused-ring (bicyclic) bond motifs is 1. The minimum atomic E-state index is -4.54. The lowest BCUT2D eigenvalue weighted by Gasteiger charge is -2.46. The van der Waals surface area contributed by atoms with Crippen LogP contribution in [-0.4, -0.2) is 50.1 Å². The highest BCUT2D eigenvalue weighted by molar-refractivity contribution is 6.12. The number of hydrogen-bond acceptors (Lipinski definition) is 8. The number of nitrogens with one attached hydrogen (secondary N) is 1. The van der Waals surface area contributed by atoms with Gasteiger partial charge in [-0.1, -0.05) is 12.8 Å². The zero-order valence-corrected chi connectivity index (χ0v) is 22.6. The lowest BCUT2D eigenvalue weighted by Crippen LogP contribution is -2.60. The fourth-order valence-electron chi connectivity index (χ4n) is 5.57. The minimum absolute atomic E-state index is 0.0861. The molecule has 212 valence electrons. The van der Waals surface area contributed by atoms with E-state index in [1.54, 1.807) is 13.4 Å². The van der Waals surface area contributed by atoms with Crippen LogP contribution in [0.5, 0.6) is 5.75 Å². The molecule has 1 N–H and O–H groups in total. The summed E-state index contributed by atoms with van der Waals surface area (Å²) in [6, 6.07) is 7.70. The van der Waals surface area contributed by atoms with Crippen LogP contribution >= 0.6 is 0 Å². The van der Waals surface area contributed by atoms with Crippen LogP contribution in [0.15, 0.2) is 55.2 Å². The molecule has 0 radical (unpaired) electrons. The number of anilines is 5. The molecule has 0 atom stereocenters. The van der Waals surface area contributed by atoms with E-state index < -0.39 is 17.3 Å². The summed E-state index contributed by atoms with van der Waals surface area (Å²) in [6.45, 7) is 1.90. The SMILES string of the molecule is COc1cc(Nc2ncc3c(n2)N(C)C2(CCCC2)C(=O)N3c2ccc(C(F)(F)F)cn2)ccc1-n1cnc(C)c1. The molecule has 0 saturated heterocycles. The van der Waals surface area contributed by atoms with E-state index in [0.717, 1.165) is 36.5 Å². The summed E-state index contributed by atoms with van der Waals surface area (Å²) in [5.41, 5.74) is 0.937. The van der Waals surface area contributed by atoms with Crippen molar-refractivity contribution in [3.05, 3.63) is 66.5 Å². The number of imidazole rings is 1. The summed E-state index contributed by atoms with van der Waals surface area (Å²) in [5.74, 6) is 1.20. The summed E-state index contributed by atoms with van der Waals surface area (Å²) in [4.78, 5) is 34.6. The quantitative estimate of drug-likeness (QED) is 0.336. The van der Waals surface area contributed by atoms with Gasteiger partial charge in [-0.3, -0.25) is 9.69 Å². The van der Waals surface area contributed by atoms with Gasteiger partial charge in [0.15, 0.2) is 5.82 Å². The van der Waals surface area contributed by atoms with Gasteiger partial charge in [-0.05, 0) is 44.0 Å². The van der Waals surface area contributed by atoms with Crippen molar-refractivity contribution in [2.45, 2.75) is 44.3 Å². The van der Waals surface area contributed by atoms with Crippen molar-refractivity contribution in [3.63, 3.8) is 0 Å². The van der Waals surface area contributed by atoms with Crippen LogP contribution in [0.4, 0.5) is 42.1 Å². The number of halogens is 3. The summed E-state index contributed by atoms with van der Waals surface area (Å²) in [5, 5.41) is 3.20. The Morgan fingerprint density at radius 2 is 1.80 bits per heavy atom. The molecule has 4 heterocycles. The number of pyridine rings is 1. The van der Waals surface area contributed by atoms with Crippen LogP contribution in [0.25, 0.3) is 5.69 Å². The molecule has 4 aromatic rings. The Morgan fingerprint density at radius 1 is 1.02 bits per heavy atom. The average molecular weight is 565 g/mol. The number of ether oxygens (including phenoxy) is 1. The molecule has 1 spiro atoms. The van der Waals surface area contributed by atoms with Crippen LogP contribution in [0, 0.1) is 6.92 Å². The Hall–Kier alpha value is -4.68. The smallest absolute Gasteiger partial charge is 0.417 e. The van der Waals surface area contributed by atoms with Gasteiger partial charge in [-0.2, -0.15) is 18.2 Å². The Morgan fingerprint density at radius 3 is 2.44 bits per heavy atom. The Bertz CT molecular complexity index is 1610. The van der Waals surface area contributed by atoms with Crippen molar-refractivity contribution >= 4 is 34.9 Å². The van der Waals surface area contributed by atoms with E-state index >= 15 is 0 Å². The predicted molar refractivity (Wildman–Crippen MR) is 146 cm³/mol. The molecule has 41 heavy (non-hydrogen) atoms. The first kappa shape index (κ1) is 26.5. The third-order valence-electron chi connectivity index (χ3n) is 7.71. The molecule has 3 aromatic heterocycles. The van der Waals surface area contributed by atoms with E-state index in [0.29, 0.717) is 35.8 Å².